The molecular weight excluding hydrogens is 300 g/mol. The average molecular weight is 311 g/mol. The molecule has 2 N–H and O–H groups in total. The molecule has 104 valence electrons. The van der Waals surface area contributed by atoms with E-state index >= 15 is 0 Å². The van der Waals surface area contributed by atoms with Gasteiger partial charge in [-0.15, -0.1) is 11.3 Å². The number of hydrogen-bond acceptors (Lipinski definition) is 4. The molecular formula is C12H11ClN4O2S. The Balaban J connectivity index is 2.33. The first-order valence-corrected chi connectivity index (χ1v) is 7.33. The van der Waals surface area contributed by atoms with Gasteiger partial charge in [-0.05, 0) is 17.9 Å². The van der Waals surface area contributed by atoms with Gasteiger partial charge in [-0.25, -0.2) is 9.78 Å². The van der Waals surface area contributed by atoms with E-state index in [1.165, 1.54) is 15.9 Å². The van der Waals surface area contributed by atoms with Crippen molar-refractivity contribution in [1.82, 2.24) is 19.5 Å². The zero-order valence-electron chi connectivity index (χ0n) is 10.6. The van der Waals surface area contributed by atoms with Crippen LogP contribution in [0.1, 0.15) is 13.3 Å². The highest BCUT2D eigenvalue weighted by molar-refractivity contribution is 7.14. The summed E-state index contributed by atoms with van der Waals surface area (Å²) in [7, 11) is 0. The molecule has 0 saturated carbocycles. The third-order valence-corrected chi connectivity index (χ3v) is 4.26. The lowest BCUT2D eigenvalue weighted by Gasteiger charge is -2.02. The molecule has 0 aliphatic heterocycles. The number of H-pyrrole nitrogens is 2. The van der Waals surface area contributed by atoms with Crippen molar-refractivity contribution in [2.75, 3.05) is 0 Å². The maximum Gasteiger partial charge on any atom is 0.330 e. The van der Waals surface area contributed by atoms with Gasteiger partial charge < -0.3 is 4.98 Å². The zero-order chi connectivity index (χ0) is 14.3. The highest BCUT2D eigenvalue weighted by atomic mass is 35.5. The standard InChI is InChI=1S/C12H11ClN4O2S/c1-2-4-17-10-7(11(18)16-12(17)19)14-9(15-10)8-6(13)3-5-20-8/h3,5H,2,4H2,1H3,(H,14,15)(H,16,18,19). The second-order valence-corrected chi connectivity index (χ2v) is 5.62. The van der Waals surface area contributed by atoms with Crippen molar-refractivity contribution in [2.24, 2.45) is 0 Å². The van der Waals surface area contributed by atoms with Gasteiger partial charge in [-0.2, -0.15) is 0 Å². The molecule has 0 fully saturated rings. The maximum absolute atomic E-state index is 11.9. The summed E-state index contributed by atoms with van der Waals surface area (Å²) >= 11 is 7.49. The van der Waals surface area contributed by atoms with E-state index in [0.29, 0.717) is 23.0 Å². The van der Waals surface area contributed by atoms with Gasteiger partial charge in [0.2, 0.25) is 0 Å². The molecule has 0 atom stereocenters. The molecule has 0 bridgehead atoms. The SMILES string of the molecule is CCCn1c(=O)[nH]c(=O)c2[nH]c(-c3sccc3Cl)nc21. The van der Waals surface area contributed by atoms with Gasteiger partial charge in [0.25, 0.3) is 5.56 Å². The van der Waals surface area contributed by atoms with Crippen molar-refractivity contribution in [1.29, 1.82) is 0 Å². The van der Waals surface area contributed by atoms with Crippen LogP contribution >= 0.6 is 22.9 Å². The van der Waals surface area contributed by atoms with Crippen molar-refractivity contribution in [3.8, 4) is 10.7 Å². The lowest BCUT2D eigenvalue weighted by atomic mass is 10.4. The monoisotopic (exact) mass is 310 g/mol. The van der Waals surface area contributed by atoms with E-state index < -0.39 is 11.2 Å². The highest BCUT2D eigenvalue weighted by Gasteiger charge is 2.15. The van der Waals surface area contributed by atoms with Crippen LogP contribution in [0.25, 0.3) is 21.9 Å². The van der Waals surface area contributed by atoms with Crippen molar-refractivity contribution in [2.45, 2.75) is 19.9 Å². The second kappa shape index (κ2) is 4.92. The molecule has 8 heteroatoms. The van der Waals surface area contributed by atoms with Gasteiger partial charge >= 0.3 is 5.69 Å². The van der Waals surface area contributed by atoms with E-state index in [9.17, 15) is 9.59 Å². The Morgan fingerprint density at radius 1 is 1.40 bits per heavy atom. The molecule has 6 nitrogen and oxygen atoms in total. The molecule has 0 aliphatic carbocycles. The van der Waals surface area contributed by atoms with Crippen molar-refractivity contribution in [3.63, 3.8) is 0 Å². The minimum atomic E-state index is -0.469. The third kappa shape index (κ3) is 1.99. The smallest absolute Gasteiger partial charge is 0.330 e. The number of halogens is 1. The predicted molar refractivity (Wildman–Crippen MR) is 79.6 cm³/mol. The van der Waals surface area contributed by atoms with Crippen molar-refractivity contribution >= 4 is 34.1 Å². The molecule has 3 heterocycles. The summed E-state index contributed by atoms with van der Waals surface area (Å²) in [4.78, 5) is 34.0. The molecule has 0 amide bonds. The molecule has 3 aromatic rings. The minimum absolute atomic E-state index is 0.289. The number of hydrogen-bond donors (Lipinski definition) is 2. The molecule has 3 rings (SSSR count). The topological polar surface area (TPSA) is 83.5 Å². The Hall–Kier alpha value is -1.86. The van der Waals surface area contributed by atoms with Crippen molar-refractivity contribution < 1.29 is 0 Å². The first-order chi connectivity index (χ1) is 9.61. The molecule has 0 aliphatic rings. The highest BCUT2D eigenvalue weighted by Crippen LogP contribution is 2.31. The van der Waals surface area contributed by atoms with E-state index in [0.717, 1.165) is 11.3 Å². The molecule has 0 saturated heterocycles. The second-order valence-electron chi connectivity index (χ2n) is 4.29. The molecule has 0 spiro atoms. The van der Waals surface area contributed by atoms with Gasteiger partial charge in [0.15, 0.2) is 11.5 Å². The Labute approximate surface area is 122 Å². The van der Waals surface area contributed by atoms with Crippen molar-refractivity contribution in [3.05, 3.63) is 37.3 Å². The van der Waals surface area contributed by atoms with Crippen LogP contribution in [0.3, 0.4) is 0 Å². The van der Waals surface area contributed by atoms with Crippen LogP contribution in [0, 0.1) is 0 Å². The molecule has 20 heavy (non-hydrogen) atoms. The van der Waals surface area contributed by atoms with E-state index in [2.05, 4.69) is 15.0 Å². The summed E-state index contributed by atoms with van der Waals surface area (Å²) in [6.07, 6.45) is 0.767. The van der Waals surface area contributed by atoms with Gasteiger partial charge in [-0.3, -0.25) is 14.3 Å². The first-order valence-electron chi connectivity index (χ1n) is 6.08. The maximum atomic E-state index is 11.9. The zero-order valence-corrected chi connectivity index (χ0v) is 12.1. The Morgan fingerprint density at radius 3 is 2.85 bits per heavy atom. The summed E-state index contributed by atoms with van der Waals surface area (Å²) in [5, 5.41) is 2.41. The van der Waals surface area contributed by atoms with Crippen LogP contribution in [0.5, 0.6) is 0 Å². The van der Waals surface area contributed by atoms with Gasteiger partial charge in [-0.1, -0.05) is 18.5 Å². The number of nitrogens with zero attached hydrogens (tertiary/aromatic N) is 2. The summed E-state index contributed by atoms with van der Waals surface area (Å²) in [6, 6.07) is 1.76. The quantitative estimate of drug-likeness (QED) is 0.778. The predicted octanol–water partition coefficient (Wildman–Crippen LogP) is 2.20. The fourth-order valence-corrected chi connectivity index (χ4v) is 3.13. The van der Waals surface area contributed by atoms with E-state index in [-0.39, 0.29) is 5.52 Å². The largest absolute Gasteiger partial charge is 0.331 e. The van der Waals surface area contributed by atoms with Gasteiger partial charge in [0, 0.05) is 6.54 Å². The van der Waals surface area contributed by atoms with Crippen LogP contribution in [0.2, 0.25) is 5.02 Å². The Bertz CT molecular complexity index is 889. The Kier molecular flexibility index (Phi) is 3.23. The lowest BCUT2D eigenvalue weighted by molar-refractivity contribution is 0.653. The van der Waals surface area contributed by atoms with Gasteiger partial charge in [0.05, 0.1) is 9.90 Å². The molecule has 0 radical (unpaired) electrons. The summed E-state index contributed by atoms with van der Waals surface area (Å²) in [5.74, 6) is 0.501. The summed E-state index contributed by atoms with van der Waals surface area (Å²) in [5.41, 5.74) is -0.263. The first kappa shape index (κ1) is 13.1. The van der Waals surface area contributed by atoms with Gasteiger partial charge in [0.1, 0.15) is 5.52 Å². The van der Waals surface area contributed by atoms with Crippen LogP contribution in [-0.2, 0) is 6.54 Å². The van der Waals surface area contributed by atoms with E-state index in [4.69, 9.17) is 11.6 Å². The van der Waals surface area contributed by atoms with Crippen LogP contribution < -0.4 is 11.2 Å². The number of aryl methyl sites for hydroxylation is 1. The number of nitrogens with one attached hydrogen (secondary N) is 2. The molecule has 0 unspecified atom stereocenters. The van der Waals surface area contributed by atoms with E-state index in [1.807, 2.05) is 12.3 Å². The number of aromatic amines is 2. The number of rotatable bonds is 3. The third-order valence-electron chi connectivity index (χ3n) is 2.91. The Morgan fingerprint density at radius 2 is 2.20 bits per heavy atom. The molecule has 3 aromatic heterocycles. The molecule has 0 aromatic carbocycles. The fraction of sp³-hybridized carbons (Fsp3) is 0.250. The van der Waals surface area contributed by atoms with Crippen LogP contribution in [-0.4, -0.2) is 19.5 Å². The number of thiophene rings is 1. The normalized spacial score (nSPS) is 11.3. The number of aromatic nitrogens is 4. The van der Waals surface area contributed by atoms with Crippen LogP contribution in [0.15, 0.2) is 21.0 Å². The van der Waals surface area contributed by atoms with E-state index in [1.54, 1.807) is 6.07 Å². The summed E-state index contributed by atoms with van der Waals surface area (Å²) in [6.45, 7) is 2.45. The lowest BCUT2D eigenvalue weighted by Crippen LogP contribution is -2.30. The average Bonchev–Trinajstić information content (AvgIpc) is 3.00. The number of imidazole rings is 1. The minimum Gasteiger partial charge on any atom is -0.331 e. The fourth-order valence-electron chi connectivity index (χ4n) is 2.04. The van der Waals surface area contributed by atoms with Crippen LogP contribution in [0.4, 0.5) is 0 Å². The summed E-state index contributed by atoms with van der Waals surface area (Å²) < 4.78 is 1.46. The number of fused-ring (bicyclic) bond motifs is 1.